The fraction of sp³-hybridized carbons (Fsp3) is 0.556. The molecule has 90 valence electrons. The summed E-state index contributed by atoms with van der Waals surface area (Å²) in [5.74, 6) is 0.0790. The van der Waals surface area contributed by atoms with E-state index in [4.69, 9.17) is 4.18 Å². The molecular formula is C9H14N2O3S2. The number of hydrogen-bond acceptors (Lipinski definition) is 6. The summed E-state index contributed by atoms with van der Waals surface area (Å²) >= 11 is 1.34. The smallest absolute Gasteiger partial charge is 0.310 e. The van der Waals surface area contributed by atoms with Crippen molar-refractivity contribution in [3.05, 3.63) is 11.8 Å². The van der Waals surface area contributed by atoms with E-state index in [0.29, 0.717) is 17.3 Å². The van der Waals surface area contributed by atoms with Gasteiger partial charge in [-0.1, -0.05) is 18.7 Å². The van der Waals surface area contributed by atoms with Gasteiger partial charge in [-0.2, -0.15) is 13.4 Å². The Kier molecular flexibility index (Phi) is 4.55. The SMILES string of the molecule is CCCS(=O)(=O)Oc1cc(C)nc(SC)n1. The van der Waals surface area contributed by atoms with Crippen molar-refractivity contribution in [1.82, 2.24) is 9.97 Å². The van der Waals surface area contributed by atoms with Gasteiger partial charge in [0.05, 0.1) is 5.75 Å². The minimum Gasteiger partial charge on any atom is -0.361 e. The Bertz CT molecular complexity index is 460. The quantitative estimate of drug-likeness (QED) is 0.456. The highest BCUT2D eigenvalue weighted by atomic mass is 32.2. The summed E-state index contributed by atoms with van der Waals surface area (Å²) in [7, 11) is -3.53. The molecule has 0 aliphatic rings. The van der Waals surface area contributed by atoms with E-state index in [1.54, 1.807) is 13.8 Å². The Hall–Kier alpha value is -0.820. The molecule has 1 aromatic rings. The minimum atomic E-state index is -3.53. The molecule has 0 saturated heterocycles. The van der Waals surface area contributed by atoms with Crippen molar-refractivity contribution in [2.24, 2.45) is 0 Å². The molecule has 0 saturated carbocycles. The van der Waals surface area contributed by atoms with Crippen molar-refractivity contribution >= 4 is 21.9 Å². The summed E-state index contributed by atoms with van der Waals surface area (Å²) in [5.41, 5.74) is 0.682. The minimum absolute atomic E-state index is 0.00927. The van der Waals surface area contributed by atoms with Crippen molar-refractivity contribution in [3.63, 3.8) is 0 Å². The summed E-state index contributed by atoms with van der Waals surface area (Å²) in [4.78, 5) is 8.08. The first-order valence-electron chi connectivity index (χ1n) is 4.78. The van der Waals surface area contributed by atoms with Gasteiger partial charge in [0, 0.05) is 11.8 Å². The lowest BCUT2D eigenvalue weighted by molar-refractivity contribution is 0.470. The molecule has 0 bridgehead atoms. The van der Waals surface area contributed by atoms with Crippen LogP contribution in [0.15, 0.2) is 11.2 Å². The summed E-state index contributed by atoms with van der Waals surface area (Å²) in [6.45, 7) is 3.54. The van der Waals surface area contributed by atoms with Crippen LogP contribution in [-0.2, 0) is 10.1 Å². The monoisotopic (exact) mass is 262 g/mol. The summed E-state index contributed by atoms with van der Waals surface area (Å²) in [6.07, 6.45) is 2.33. The Balaban J connectivity index is 2.93. The molecule has 5 nitrogen and oxygen atoms in total. The first-order valence-corrected chi connectivity index (χ1v) is 7.59. The van der Waals surface area contributed by atoms with E-state index >= 15 is 0 Å². The number of aryl methyl sites for hydroxylation is 1. The molecule has 16 heavy (non-hydrogen) atoms. The van der Waals surface area contributed by atoms with Crippen LogP contribution in [0.4, 0.5) is 0 Å². The molecular weight excluding hydrogens is 248 g/mol. The molecule has 1 rings (SSSR count). The van der Waals surface area contributed by atoms with Gasteiger partial charge >= 0.3 is 10.1 Å². The lowest BCUT2D eigenvalue weighted by Crippen LogP contribution is -2.14. The Labute approximate surface area is 99.8 Å². The molecule has 0 N–H and O–H groups in total. The summed E-state index contributed by atoms with van der Waals surface area (Å²) < 4.78 is 27.7. The van der Waals surface area contributed by atoms with Gasteiger partial charge in [-0.25, -0.2) is 4.98 Å². The summed E-state index contributed by atoms with van der Waals surface area (Å²) in [5, 5.41) is 0.502. The molecule has 0 unspecified atom stereocenters. The Morgan fingerprint density at radius 3 is 2.69 bits per heavy atom. The van der Waals surface area contributed by atoms with E-state index in [1.165, 1.54) is 17.8 Å². The molecule has 1 aromatic heterocycles. The zero-order valence-electron chi connectivity index (χ0n) is 9.43. The van der Waals surface area contributed by atoms with Gasteiger partial charge < -0.3 is 4.18 Å². The molecule has 1 heterocycles. The van der Waals surface area contributed by atoms with Gasteiger partial charge in [0.1, 0.15) is 0 Å². The van der Waals surface area contributed by atoms with E-state index in [9.17, 15) is 8.42 Å². The lowest BCUT2D eigenvalue weighted by Gasteiger charge is -2.06. The first-order chi connectivity index (χ1) is 7.46. The van der Waals surface area contributed by atoms with Crippen LogP contribution in [0.1, 0.15) is 19.0 Å². The second-order valence-corrected chi connectivity index (χ2v) is 5.64. The van der Waals surface area contributed by atoms with Gasteiger partial charge in [-0.3, -0.25) is 0 Å². The van der Waals surface area contributed by atoms with Crippen LogP contribution in [0.3, 0.4) is 0 Å². The predicted molar refractivity (Wildman–Crippen MR) is 63.3 cm³/mol. The lowest BCUT2D eigenvalue weighted by atomic mass is 10.4. The predicted octanol–water partition coefficient (Wildman–Crippen LogP) is 1.63. The molecule has 0 fully saturated rings. The van der Waals surface area contributed by atoms with Crippen molar-refractivity contribution in [2.75, 3.05) is 12.0 Å². The molecule has 7 heteroatoms. The largest absolute Gasteiger partial charge is 0.361 e. The molecule has 0 aliphatic carbocycles. The van der Waals surface area contributed by atoms with Crippen LogP contribution in [0.2, 0.25) is 0 Å². The number of thioether (sulfide) groups is 1. The van der Waals surface area contributed by atoms with E-state index in [-0.39, 0.29) is 11.6 Å². The van der Waals surface area contributed by atoms with Crippen molar-refractivity contribution in [1.29, 1.82) is 0 Å². The fourth-order valence-electron chi connectivity index (χ4n) is 1.07. The standard InChI is InChI=1S/C9H14N2O3S2/c1-4-5-16(12,13)14-8-6-7(2)10-9(11-8)15-3/h6H,4-5H2,1-3H3. The number of hydrogen-bond donors (Lipinski definition) is 0. The zero-order chi connectivity index (χ0) is 12.2. The second-order valence-electron chi connectivity index (χ2n) is 3.18. The third-order valence-electron chi connectivity index (χ3n) is 1.66. The molecule has 0 radical (unpaired) electrons. The normalized spacial score (nSPS) is 11.4. The van der Waals surface area contributed by atoms with Crippen molar-refractivity contribution in [3.8, 4) is 5.88 Å². The molecule has 0 aromatic carbocycles. The van der Waals surface area contributed by atoms with Crippen LogP contribution in [0, 0.1) is 6.92 Å². The maximum Gasteiger partial charge on any atom is 0.310 e. The fourth-order valence-corrected chi connectivity index (χ4v) is 2.41. The van der Waals surface area contributed by atoms with Crippen LogP contribution in [0.25, 0.3) is 0 Å². The van der Waals surface area contributed by atoms with Crippen LogP contribution >= 0.6 is 11.8 Å². The van der Waals surface area contributed by atoms with Crippen LogP contribution in [0.5, 0.6) is 5.88 Å². The highest BCUT2D eigenvalue weighted by Crippen LogP contribution is 2.17. The van der Waals surface area contributed by atoms with Gasteiger partial charge in [-0.15, -0.1) is 0 Å². The van der Waals surface area contributed by atoms with Gasteiger partial charge in [0.15, 0.2) is 5.16 Å². The maximum absolute atomic E-state index is 11.4. The summed E-state index contributed by atoms with van der Waals surface area (Å²) in [6, 6.07) is 1.51. The van der Waals surface area contributed by atoms with Crippen LogP contribution < -0.4 is 4.18 Å². The first kappa shape index (κ1) is 13.2. The average molecular weight is 262 g/mol. The molecule has 0 aliphatic heterocycles. The second kappa shape index (κ2) is 5.49. The third kappa shape index (κ3) is 3.97. The van der Waals surface area contributed by atoms with Gasteiger partial charge in [0.25, 0.3) is 0 Å². The molecule has 0 atom stereocenters. The van der Waals surface area contributed by atoms with E-state index in [0.717, 1.165) is 0 Å². The zero-order valence-corrected chi connectivity index (χ0v) is 11.1. The van der Waals surface area contributed by atoms with Gasteiger partial charge in [0.2, 0.25) is 5.88 Å². The number of nitrogens with zero attached hydrogens (tertiary/aromatic N) is 2. The Morgan fingerprint density at radius 1 is 1.44 bits per heavy atom. The van der Waals surface area contributed by atoms with E-state index in [2.05, 4.69) is 9.97 Å². The highest BCUT2D eigenvalue weighted by molar-refractivity contribution is 7.98. The molecule has 0 spiro atoms. The Morgan fingerprint density at radius 2 is 2.12 bits per heavy atom. The topological polar surface area (TPSA) is 69.2 Å². The van der Waals surface area contributed by atoms with Crippen molar-refractivity contribution in [2.45, 2.75) is 25.4 Å². The third-order valence-corrected chi connectivity index (χ3v) is 3.54. The number of rotatable bonds is 5. The molecule has 0 amide bonds. The number of aromatic nitrogens is 2. The van der Waals surface area contributed by atoms with Crippen LogP contribution in [-0.4, -0.2) is 30.4 Å². The van der Waals surface area contributed by atoms with Gasteiger partial charge in [-0.05, 0) is 19.6 Å². The van der Waals surface area contributed by atoms with E-state index in [1.807, 2.05) is 6.26 Å². The van der Waals surface area contributed by atoms with Crippen molar-refractivity contribution < 1.29 is 12.6 Å². The maximum atomic E-state index is 11.4. The van der Waals surface area contributed by atoms with E-state index < -0.39 is 10.1 Å². The highest BCUT2D eigenvalue weighted by Gasteiger charge is 2.13. The average Bonchev–Trinajstić information content (AvgIpc) is 2.15.